The van der Waals surface area contributed by atoms with E-state index in [0.29, 0.717) is 30.1 Å². The Morgan fingerprint density at radius 1 is 1.16 bits per heavy atom. The second-order valence-electron chi connectivity index (χ2n) is 13.4. The summed E-state index contributed by atoms with van der Waals surface area (Å²) in [5.41, 5.74) is -1.45. The van der Waals surface area contributed by atoms with Crippen LogP contribution in [0.5, 0.6) is 11.5 Å². The Labute approximate surface area is 254 Å². The molecule has 3 unspecified atom stereocenters. The molecule has 4 aliphatic rings. The van der Waals surface area contributed by atoms with Crippen LogP contribution in [0.4, 0.5) is 0 Å². The van der Waals surface area contributed by atoms with Crippen molar-refractivity contribution in [2.24, 2.45) is 5.92 Å². The van der Waals surface area contributed by atoms with Crippen LogP contribution in [0.25, 0.3) is 0 Å². The number of fused-ring (bicyclic) bond motifs is 3. The molecule has 238 valence electrons. The van der Waals surface area contributed by atoms with Gasteiger partial charge in [-0.05, 0) is 94.2 Å². The van der Waals surface area contributed by atoms with Crippen molar-refractivity contribution in [3.63, 3.8) is 0 Å². The molecular formula is C33H47NO9. The summed E-state index contributed by atoms with van der Waals surface area (Å²) in [6.45, 7) is 9.41. The molecule has 1 spiro atoms. The van der Waals surface area contributed by atoms with E-state index in [2.05, 4.69) is 11.0 Å². The molecule has 0 aromatic heterocycles. The van der Waals surface area contributed by atoms with Crippen molar-refractivity contribution in [2.45, 2.75) is 108 Å². The van der Waals surface area contributed by atoms with Gasteiger partial charge in [-0.2, -0.15) is 0 Å². The second kappa shape index (κ2) is 12.3. The van der Waals surface area contributed by atoms with Crippen LogP contribution in [0.3, 0.4) is 0 Å². The van der Waals surface area contributed by atoms with E-state index in [1.54, 1.807) is 21.0 Å². The number of aliphatic hydroxyl groups is 2. The minimum absolute atomic E-state index is 0.0653. The van der Waals surface area contributed by atoms with Gasteiger partial charge in [-0.3, -0.25) is 9.69 Å². The number of rotatable bonds is 12. The molecule has 3 heterocycles. The van der Waals surface area contributed by atoms with Crippen LogP contribution in [0.1, 0.15) is 89.7 Å². The summed E-state index contributed by atoms with van der Waals surface area (Å²) < 4.78 is 29.0. The molecule has 0 saturated carbocycles. The fraction of sp³-hybridized carbons (Fsp3) is 0.697. The quantitative estimate of drug-likeness (QED) is 0.340. The minimum Gasteiger partial charge on any atom is -0.497 e. The molecule has 5 atom stereocenters. The molecule has 0 amide bonds. The van der Waals surface area contributed by atoms with Gasteiger partial charge in [0.05, 0.1) is 37.2 Å². The average Bonchev–Trinajstić information content (AvgIpc) is 3.64. The largest absolute Gasteiger partial charge is 0.497 e. The van der Waals surface area contributed by atoms with E-state index in [0.717, 1.165) is 49.9 Å². The van der Waals surface area contributed by atoms with Gasteiger partial charge >= 0.3 is 11.9 Å². The van der Waals surface area contributed by atoms with E-state index in [4.69, 9.17) is 23.7 Å². The zero-order valence-corrected chi connectivity index (χ0v) is 26.1. The van der Waals surface area contributed by atoms with Crippen LogP contribution in [0.15, 0.2) is 24.0 Å². The Kier molecular flexibility index (Phi) is 9.03. The molecule has 1 aromatic carbocycles. The molecule has 0 radical (unpaired) electrons. The number of ether oxygens (including phenoxy) is 5. The molecule has 1 saturated heterocycles. The van der Waals surface area contributed by atoms with E-state index in [9.17, 15) is 19.8 Å². The van der Waals surface area contributed by atoms with E-state index < -0.39 is 41.2 Å². The van der Waals surface area contributed by atoms with Gasteiger partial charge in [0.2, 0.25) is 6.79 Å². The Hall–Kier alpha value is -2.82. The molecule has 0 bridgehead atoms. The van der Waals surface area contributed by atoms with Crippen molar-refractivity contribution in [1.82, 2.24) is 4.90 Å². The first-order valence-electron chi connectivity index (χ1n) is 15.6. The molecule has 10 heteroatoms. The summed E-state index contributed by atoms with van der Waals surface area (Å²) in [6, 6.07) is 4.03. The Balaban J connectivity index is 1.46. The molecule has 1 aliphatic carbocycles. The smallest absolute Gasteiger partial charge is 0.339 e. The minimum atomic E-state index is -2.13. The summed E-state index contributed by atoms with van der Waals surface area (Å²) in [5.74, 6) is 0.172. The van der Waals surface area contributed by atoms with Crippen molar-refractivity contribution in [2.75, 3.05) is 33.6 Å². The fourth-order valence-electron chi connectivity index (χ4n) is 7.04. The lowest BCUT2D eigenvalue weighted by Gasteiger charge is -2.39. The molecular weight excluding hydrogens is 554 g/mol. The first kappa shape index (κ1) is 31.6. The Bertz CT molecular complexity index is 1240. The number of methoxy groups -OCH3 is 1. The SMILES string of the molecule is CCC(C)COC(=O)CC(O)(CCCC(C)(C)O)C(=O)OC1C(OC)=C[C@]23CCCN2CCc2cc4c(cc2[C@H]13)OCO4. The number of nitrogens with zero attached hydrogens (tertiary/aromatic N) is 1. The van der Waals surface area contributed by atoms with E-state index in [1.165, 1.54) is 0 Å². The highest BCUT2D eigenvalue weighted by atomic mass is 16.7. The fourth-order valence-corrected chi connectivity index (χ4v) is 7.04. The van der Waals surface area contributed by atoms with Gasteiger partial charge in [0.15, 0.2) is 23.2 Å². The zero-order valence-electron chi connectivity index (χ0n) is 26.1. The van der Waals surface area contributed by atoms with Crippen LogP contribution >= 0.6 is 0 Å². The maximum atomic E-state index is 14.0. The lowest BCUT2D eigenvalue weighted by atomic mass is 9.77. The predicted octanol–water partition coefficient (Wildman–Crippen LogP) is 4.00. The zero-order chi connectivity index (χ0) is 31.0. The molecule has 10 nitrogen and oxygen atoms in total. The average molecular weight is 602 g/mol. The first-order chi connectivity index (χ1) is 20.4. The number of esters is 2. The van der Waals surface area contributed by atoms with Crippen LogP contribution in [0.2, 0.25) is 0 Å². The van der Waals surface area contributed by atoms with Crippen molar-refractivity contribution in [3.8, 4) is 11.5 Å². The number of hydrogen-bond donors (Lipinski definition) is 2. The lowest BCUT2D eigenvalue weighted by Crippen LogP contribution is -2.49. The third-order valence-corrected chi connectivity index (χ3v) is 9.62. The topological polar surface area (TPSA) is 124 Å². The Morgan fingerprint density at radius 2 is 1.91 bits per heavy atom. The maximum absolute atomic E-state index is 14.0. The van der Waals surface area contributed by atoms with Gasteiger partial charge in [0.1, 0.15) is 5.76 Å². The van der Waals surface area contributed by atoms with Crippen molar-refractivity contribution < 1.29 is 43.5 Å². The molecule has 1 fully saturated rings. The first-order valence-corrected chi connectivity index (χ1v) is 15.6. The van der Waals surface area contributed by atoms with Crippen LogP contribution < -0.4 is 9.47 Å². The highest BCUT2D eigenvalue weighted by molar-refractivity contribution is 5.86. The molecule has 1 aromatic rings. The number of hydrogen-bond acceptors (Lipinski definition) is 10. The predicted molar refractivity (Wildman–Crippen MR) is 158 cm³/mol. The standard InChI is InChI=1S/C33H47NO9/c1-6-21(2)19-40-27(35)18-33(38,12-7-10-31(3,4)37)30(36)43-29-26(39-5)17-32-11-8-13-34(32)14-9-22-15-24-25(42-20-41-24)16-23(22)28(29)32/h15-17,21,28-29,37-38H,6-14,18-20H2,1-5H3/t21?,28-,29?,32+,33?/m1/s1. The van der Waals surface area contributed by atoms with E-state index >= 15 is 0 Å². The summed E-state index contributed by atoms with van der Waals surface area (Å²) in [5, 5.41) is 22.1. The van der Waals surface area contributed by atoms with Crippen LogP contribution in [-0.2, 0) is 30.2 Å². The molecule has 43 heavy (non-hydrogen) atoms. The van der Waals surface area contributed by atoms with Gasteiger partial charge in [-0.15, -0.1) is 0 Å². The maximum Gasteiger partial charge on any atom is 0.339 e. The number of benzene rings is 1. The van der Waals surface area contributed by atoms with Gasteiger partial charge in [0, 0.05) is 6.54 Å². The van der Waals surface area contributed by atoms with Gasteiger partial charge in [-0.25, -0.2) is 4.79 Å². The molecule has 2 N–H and O–H groups in total. The summed E-state index contributed by atoms with van der Waals surface area (Å²) in [6.07, 6.45) is 4.80. The van der Waals surface area contributed by atoms with Crippen molar-refractivity contribution in [1.29, 1.82) is 0 Å². The second-order valence-corrected chi connectivity index (χ2v) is 13.4. The van der Waals surface area contributed by atoms with Gasteiger partial charge in [0.25, 0.3) is 0 Å². The van der Waals surface area contributed by atoms with Crippen molar-refractivity contribution >= 4 is 11.9 Å². The number of carbonyl (C=O) groups is 2. The van der Waals surface area contributed by atoms with Crippen LogP contribution in [0, 0.1) is 5.92 Å². The summed E-state index contributed by atoms with van der Waals surface area (Å²) in [7, 11) is 1.57. The van der Waals surface area contributed by atoms with E-state index in [1.807, 2.05) is 26.0 Å². The van der Waals surface area contributed by atoms with Gasteiger partial charge < -0.3 is 33.9 Å². The van der Waals surface area contributed by atoms with Gasteiger partial charge in [-0.1, -0.05) is 20.3 Å². The number of carbonyl (C=O) groups excluding carboxylic acids is 2. The molecule has 3 aliphatic heterocycles. The third kappa shape index (κ3) is 6.37. The highest BCUT2D eigenvalue weighted by Crippen LogP contribution is 2.55. The third-order valence-electron chi connectivity index (χ3n) is 9.62. The Morgan fingerprint density at radius 3 is 2.60 bits per heavy atom. The lowest BCUT2D eigenvalue weighted by molar-refractivity contribution is -0.179. The molecule has 5 rings (SSSR count). The summed E-state index contributed by atoms with van der Waals surface area (Å²) >= 11 is 0. The highest BCUT2D eigenvalue weighted by Gasteiger charge is 2.59. The van der Waals surface area contributed by atoms with E-state index in [-0.39, 0.29) is 31.7 Å². The van der Waals surface area contributed by atoms with Crippen molar-refractivity contribution in [3.05, 3.63) is 35.1 Å². The normalized spacial score (nSPS) is 26.3. The van der Waals surface area contributed by atoms with Crippen LogP contribution in [-0.4, -0.2) is 83.5 Å². The monoisotopic (exact) mass is 601 g/mol. The summed E-state index contributed by atoms with van der Waals surface area (Å²) in [4.78, 5) is 29.4.